The molecule has 0 aliphatic carbocycles. The molecule has 0 saturated carbocycles. The number of benzene rings is 2. The molecule has 0 saturated heterocycles. The van der Waals surface area contributed by atoms with E-state index >= 15 is 0 Å². The molecule has 1 aliphatic heterocycles. The third kappa shape index (κ3) is 3.61. The van der Waals surface area contributed by atoms with Gasteiger partial charge in [-0.2, -0.15) is 0 Å². The Kier molecular flexibility index (Phi) is 4.58. The quantitative estimate of drug-likeness (QED) is 0.490. The molecular formula is C18H14FN5O4. The maximum Gasteiger partial charge on any atom is 0.353 e. The van der Waals surface area contributed by atoms with Gasteiger partial charge in [0.15, 0.2) is 11.5 Å². The number of nitro groups is 1. The van der Waals surface area contributed by atoms with Crippen molar-refractivity contribution in [2.24, 2.45) is 0 Å². The normalized spacial score (nSPS) is 11.9. The summed E-state index contributed by atoms with van der Waals surface area (Å²) >= 11 is 0. The summed E-state index contributed by atoms with van der Waals surface area (Å²) in [6.45, 7) is 0.367. The lowest BCUT2D eigenvalue weighted by Gasteiger charge is -2.10. The summed E-state index contributed by atoms with van der Waals surface area (Å²) in [5, 5.41) is 17.4. The van der Waals surface area contributed by atoms with Crippen LogP contribution < -0.4 is 20.1 Å². The van der Waals surface area contributed by atoms with Crippen LogP contribution in [0, 0.1) is 15.9 Å². The third-order valence-electron chi connectivity index (χ3n) is 4.01. The zero-order chi connectivity index (χ0) is 19.5. The SMILES string of the molecule is O=[N+]([O-])c1c(NCc2ccc(F)cc2)ncnc1Nc1ccc2c(c1)OCO2. The summed E-state index contributed by atoms with van der Waals surface area (Å²) in [5.74, 6) is 0.862. The highest BCUT2D eigenvalue weighted by atomic mass is 19.1. The number of nitrogens with one attached hydrogen (secondary N) is 2. The second-order valence-electron chi connectivity index (χ2n) is 5.85. The molecule has 3 aromatic rings. The fraction of sp³-hybridized carbons (Fsp3) is 0.111. The molecule has 9 nitrogen and oxygen atoms in total. The maximum atomic E-state index is 13.0. The standard InChI is InChI=1S/C18H14FN5O4/c19-12-3-1-11(2-4-12)8-20-17-16(24(25)26)18(22-9-21-17)23-13-5-6-14-15(7-13)28-10-27-14/h1-7,9H,8,10H2,(H2,20,21,22,23). The summed E-state index contributed by atoms with van der Waals surface area (Å²) in [6, 6.07) is 10.9. The molecule has 1 aliphatic rings. The van der Waals surface area contributed by atoms with Crippen molar-refractivity contribution in [3.8, 4) is 11.5 Å². The highest BCUT2D eigenvalue weighted by molar-refractivity contribution is 5.74. The van der Waals surface area contributed by atoms with Crippen LogP contribution in [-0.4, -0.2) is 21.7 Å². The number of nitrogens with zero attached hydrogens (tertiary/aromatic N) is 3. The van der Waals surface area contributed by atoms with Gasteiger partial charge >= 0.3 is 5.69 Å². The molecule has 0 unspecified atom stereocenters. The number of anilines is 3. The van der Waals surface area contributed by atoms with Crippen molar-refractivity contribution >= 4 is 23.0 Å². The minimum Gasteiger partial charge on any atom is -0.454 e. The van der Waals surface area contributed by atoms with Gasteiger partial charge in [-0.15, -0.1) is 0 Å². The van der Waals surface area contributed by atoms with Gasteiger partial charge in [-0.1, -0.05) is 12.1 Å². The maximum absolute atomic E-state index is 13.0. The zero-order valence-electron chi connectivity index (χ0n) is 14.4. The molecule has 0 radical (unpaired) electrons. The molecule has 2 heterocycles. The molecule has 2 N–H and O–H groups in total. The smallest absolute Gasteiger partial charge is 0.353 e. The van der Waals surface area contributed by atoms with E-state index in [1.54, 1.807) is 30.3 Å². The lowest BCUT2D eigenvalue weighted by atomic mass is 10.2. The number of ether oxygens (including phenoxy) is 2. The van der Waals surface area contributed by atoms with Crippen LogP contribution in [0.5, 0.6) is 11.5 Å². The molecule has 142 valence electrons. The van der Waals surface area contributed by atoms with Crippen LogP contribution >= 0.6 is 0 Å². The van der Waals surface area contributed by atoms with Crippen molar-refractivity contribution in [3.63, 3.8) is 0 Å². The van der Waals surface area contributed by atoms with Crippen LogP contribution in [0.3, 0.4) is 0 Å². The molecule has 0 spiro atoms. The van der Waals surface area contributed by atoms with Crippen LogP contribution in [0.2, 0.25) is 0 Å². The average molecular weight is 383 g/mol. The molecule has 10 heteroatoms. The first-order valence-corrected chi connectivity index (χ1v) is 8.24. The first kappa shape index (κ1) is 17.5. The van der Waals surface area contributed by atoms with Crippen LogP contribution in [0.1, 0.15) is 5.56 Å². The Morgan fingerprint density at radius 1 is 1.07 bits per heavy atom. The predicted molar refractivity (Wildman–Crippen MR) is 98.3 cm³/mol. The molecule has 4 rings (SSSR count). The van der Waals surface area contributed by atoms with E-state index in [1.165, 1.54) is 18.5 Å². The van der Waals surface area contributed by atoms with Gasteiger partial charge in [0.05, 0.1) is 4.92 Å². The molecule has 1 aromatic heterocycles. The zero-order valence-corrected chi connectivity index (χ0v) is 14.4. The van der Waals surface area contributed by atoms with Crippen LogP contribution in [0.4, 0.5) is 27.4 Å². The van der Waals surface area contributed by atoms with Gasteiger partial charge < -0.3 is 20.1 Å². The van der Waals surface area contributed by atoms with E-state index in [2.05, 4.69) is 20.6 Å². The number of hydrogen-bond acceptors (Lipinski definition) is 8. The fourth-order valence-electron chi connectivity index (χ4n) is 2.67. The van der Waals surface area contributed by atoms with Crippen molar-refractivity contribution in [1.29, 1.82) is 0 Å². The molecule has 0 atom stereocenters. The average Bonchev–Trinajstić information content (AvgIpc) is 3.15. The number of hydrogen-bond donors (Lipinski definition) is 2. The molecule has 0 bridgehead atoms. The van der Waals surface area contributed by atoms with Gasteiger partial charge in [-0.25, -0.2) is 14.4 Å². The molecule has 0 fully saturated rings. The summed E-state index contributed by atoms with van der Waals surface area (Å²) in [7, 11) is 0. The first-order valence-electron chi connectivity index (χ1n) is 8.24. The summed E-state index contributed by atoms with van der Waals surface area (Å²) in [6.07, 6.45) is 1.22. The van der Waals surface area contributed by atoms with Crippen LogP contribution in [-0.2, 0) is 6.54 Å². The summed E-state index contributed by atoms with van der Waals surface area (Å²) in [4.78, 5) is 19.0. The Balaban J connectivity index is 1.58. The van der Waals surface area contributed by atoms with Gasteiger partial charge in [-0.3, -0.25) is 10.1 Å². The molecule has 0 amide bonds. The second kappa shape index (κ2) is 7.35. The van der Waals surface area contributed by atoms with Crippen molar-refractivity contribution in [2.45, 2.75) is 6.54 Å². The molecule has 2 aromatic carbocycles. The van der Waals surface area contributed by atoms with E-state index in [1.807, 2.05) is 0 Å². The minimum absolute atomic E-state index is 0.0282. The van der Waals surface area contributed by atoms with Crippen molar-refractivity contribution in [3.05, 3.63) is 70.3 Å². The lowest BCUT2D eigenvalue weighted by Crippen LogP contribution is -2.08. The van der Waals surface area contributed by atoms with Gasteiger partial charge in [0.1, 0.15) is 12.1 Å². The topological polar surface area (TPSA) is 111 Å². The third-order valence-corrected chi connectivity index (χ3v) is 4.01. The van der Waals surface area contributed by atoms with Gasteiger partial charge in [-0.05, 0) is 29.8 Å². The van der Waals surface area contributed by atoms with Crippen molar-refractivity contribution < 1.29 is 18.8 Å². The monoisotopic (exact) mass is 383 g/mol. The fourth-order valence-corrected chi connectivity index (χ4v) is 2.67. The Labute approximate surface area is 158 Å². The van der Waals surface area contributed by atoms with E-state index < -0.39 is 4.92 Å². The number of halogens is 1. The Morgan fingerprint density at radius 2 is 1.82 bits per heavy atom. The number of rotatable bonds is 6. The van der Waals surface area contributed by atoms with E-state index in [0.29, 0.717) is 17.2 Å². The van der Waals surface area contributed by atoms with E-state index in [9.17, 15) is 14.5 Å². The largest absolute Gasteiger partial charge is 0.454 e. The predicted octanol–water partition coefficient (Wildman–Crippen LogP) is 3.61. The Hall–Kier alpha value is -3.95. The van der Waals surface area contributed by atoms with Crippen molar-refractivity contribution in [1.82, 2.24) is 9.97 Å². The molecular weight excluding hydrogens is 369 g/mol. The van der Waals surface area contributed by atoms with Crippen molar-refractivity contribution in [2.75, 3.05) is 17.4 Å². The first-order chi connectivity index (χ1) is 13.6. The van der Waals surface area contributed by atoms with Gasteiger partial charge in [0, 0.05) is 18.3 Å². The van der Waals surface area contributed by atoms with Gasteiger partial charge in [0.25, 0.3) is 0 Å². The highest BCUT2D eigenvalue weighted by Gasteiger charge is 2.23. The van der Waals surface area contributed by atoms with E-state index in [0.717, 1.165) is 5.56 Å². The molecule has 28 heavy (non-hydrogen) atoms. The lowest BCUT2D eigenvalue weighted by molar-refractivity contribution is -0.383. The van der Waals surface area contributed by atoms with Crippen LogP contribution in [0.25, 0.3) is 0 Å². The van der Waals surface area contributed by atoms with Gasteiger partial charge in [0.2, 0.25) is 18.4 Å². The van der Waals surface area contributed by atoms with E-state index in [4.69, 9.17) is 9.47 Å². The van der Waals surface area contributed by atoms with Crippen LogP contribution in [0.15, 0.2) is 48.8 Å². The summed E-state index contributed by atoms with van der Waals surface area (Å²) in [5.41, 5.74) is 0.998. The number of fused-ring (bicyclic) bond motifs is 1. The minimum atomic E-state index is -0.567. The van der Waals surface area contributed by atoms with E-state index in [-0.39, 0.29) is 36.5 Å². The Bertz CT molecular complexity index is 1030. The highest BCUT2D eigenvalue weighted by Crippen LogP contribution is 2.37. The number of aromatic nitrogens is 2. The second-order valence-corrected chi connectivity index (χ2v) is 5.85. The Morgan fingerprint density at radius 3 is 2.61 bits per heavy atom. The summed E-state index contributed by atoms with van der Waals surface area (Å²) < 4.78 is 23.6.